The predicted molar refractivity (Wildman–Crippen MR) is 95.8 cm³/mol. The van der Waals surface area contributed by atoms with Crippen molar-refractivity contribution in [1.82, 2.24) is 15.0 Å². The zero-order valence-corrected chi connectivity index (χ0v) is 15.0. The normalized spacial score (nSPS) is 16.8. The highest BCUT2D eigenvalue weighted by Gasteiger charge is 2.29. The van der Waals surface area contributed by atoms with E-state index in [2.05, 4.69) is 5.16 Å². The molecule has 0 bridgehead atoms. The molecule has 1 aromatic carbocycles. The van der Waals surface area contributed by atoms with Crippen LogP contribution in [0.2, 0.25) is 0 Å². The summed E-state index contributed by atoms with van der Waals surface area (Å²) in [5.41, 5.74) is 0.919. The second-order valence-corrected chi connectivity index (χ2v) is 6.62. The average Bonchev–Trinajstić information content (AvgIpc) is 3.18. The number of likely N-dealkylation sites (N-methyl/N-ethyl adjacent to an activating group) is 1. The van der Waals surface area contributed by atoms with E-state index >= 15 is 0 Å². The molecule has 8 heteroatoms. The number of carbonyl (C=O) groups excluding carboxylic acids is 2. The first-order chi connectivity index (χ1) is 13.0. The van der Waals surface area contributed by atoms with Gasteiger partial charge in [0.25, 0.3) is 5.91 Å². The van der Waals surface area contributed by atoms with Crippen molar-refractivity contribution in [2.75, 3.05) is 26.7 Å². The van der Waals surface area contributed by atoms with Crippen molar-refractivity contribution >= 4 is 17.8 Å². The fourth-order valence-electron chi connectivity index (χ4n) is 3.09. The molecule has 1 fully saturated rings. The summed E-state index contributed by atoms with van der Waals surface area (Å²) in [7, 11) is 1.51. The third-order valence-corrected chi connectivity index (χ3v) is 4.63. The number of aliphatic carboxylic acids is 1. The molecule has 1 aromatic heterocycles. The third-order valence-electron chi connectivity index (χ3n) is 4.63. The van der Waals surface area contributed by atoms with E-state index in [9.17, 15) is 14.4 Å². The molecular formula is C19H21N3O5. The summed E-state index contributed by atoms with van der Waals surface area (Å²) in [6.45, 7) is 0.545. The lowest BCUT2D eigenvalue weighted by atomic mass is 9.98. The number of amides is 2. The van der Waals surface area contributed by atoms with Gasteiger partial charge in [-0.2, -0.15) is 0 Å². The zero-order valence-electron chi connectivity index (χ0n) is 15.0. The van der Waals surface area contributed by atoms with Crippen LogP contribution in [0.5, 0.6) is 0 Å². The topological polar surface area (TPSA) is 104 Å². The molecule has 1 saturated heterocycles. The fraction of sp³-hybridized carbons (Fsp3) is 0.368. The number of hydrogen-bond donors (Lipinski definition) is 1. The van der Waals surface area contributed by atoms with Gasteiger partial charge in [-0.15, -0.1) is 0 Å². The maximum absolute atomic E-state index is 12.5. The Morgan fingerprint density at radius 1 is 1.30 bits per heavy atom. The van der Waals surface area contributed by atoms with E-state index < -0.39 is 17.8 Å². The van der Waals surface area contributed by atoms with Gasteiger partial charge in [0.15, 0.2) is 11.5 Å². The maximum Gasteiger partial charge on any atom is 0.308 e. The highest BCUT2D eigenvalue weighted by atomic mass is 16.5. The summed E-state index contributed by atoms with van der Waals surface area (Å²) in [5.74, 6) is -1.68. The van der Waals surface area contributed by atoms with E-state index in [-0.39, 0.29) is 24.7 Å². The number of benzene rings is 1. The lowest BCUT2D eigenvalue weighted by molar-refractivity contribution is -0.145. The van der Waals surface area contributed by atoms with Crippen LogP contribution in [-0.4, -0.2) is 64.5 Å². The molecule has 8 nitrogen and oxygen atoms in total. The summed E-state index contributed by atoms with van der Waals surface area (Å²) in [6, 6.07) is 10.8. The molecule has 0 spiro atoms. The molecule has 0 aliphatic carbocycles. The SMILES string of the molecule is CN(CC(=O)N1CCCC(C(=O)O)C1)C(=O)c1cc(-c2ccccc2)on1. The summed E-state index contributed by atoms with van der Waals surface area (Å²) in [5, 5.41) is 12.9. The lowest BCUT2D eigenvalue weighted by Crippen LogP contribution is -2.46. The maximum atomic E-state index is 12.5. The first-order valence-electron chi connectivity index (χ1n) is 8.74. The number of carboxylic acids is 1. The highest BCUT2D eigenvalue weighted by molar-refractivity contribution is 5.95. The molecule has 27 heavy (non-hydrogen) atoms. The summed E-state index contributed by atoms with van der Waals surface area (Å²) in [6.07, 6.45) is 1.21. The average molecular weight is 371 g/mol. The molecule has 0 saturated carbocycles. The Kier molecular flexibility index (Phi) is 5.54. The smallest absolute Gasteiger partial charge is 0.308 e. The van der Waals surface area contributed by atoms with Gasteiger partial charge in [0, 0.05) is 31.8 Å². The molecule has 3 rings (SSSR count). The molecule has 1 N–H and O–H groups in total. The quantitative estimate of drug-likeness (QED) is 0.858. The van der Waals surface area contributed by atoms with E-state index in [1.54, 1.807) is 6.07 Å². The van der Waals surface area contributed by atoms with Crippen molar-refractivity contribution in [2.24, 2.45) is 5.92 Å². The Morgan fingerprint density at radius 2 is 2.04 bits per heavy atom. The van der Waals surface area contributed by atoms with E-state index in [1.807, 2.05) is 30.3 Å². The largest absolute Gasteiger partial charge is 0.481 e. The molecular weight excluding hydrogens is 350 g/mol. The number of nitrogens with zero attached hydrogens (tertiary/aromatic N) is 3. The van der Waals surface area contributed by atoms with Gasteiger partial charge in [0.1, 0.15) is 0 Å². The van der Waals surface area contributed by atoms with Crippen LogP contribution in [0.15, 0.2) is 40.9 Å². The Balaban J connectivity index is 1.61. The summed E-state index contributed by atoms with van der Waals surface area (Å²) >= 11 is 0. The van der Waals surface area contributed by atoms with Crippen LogP contribution in [-0.2, 0) is 9.59 Å². The highest BCUT2D eigenvalue weighted by Crippen LogP contribution is 2.20. The molecule has 2 aromatic rings. The van der Waals surface area contributed by atoms with Gasteiger partial charge < -0.3 is 19.4 Å². The van der Waals surface area contributed by atoms with E-state index in [0.29, 0.717) is 25.1 Å². The first kappa shape index (κ1) is 18.6. The van der Waals surface area contributed by atoms with Crippen LogP contribution >= 0.6 is 0 Å². The van der Waals surface area contributed by atoms with Crippen molar-refractivity contribution in [3.63, 3.8) is 0 Å². The lowest BCUT2D eigenvalue weighted by Gasteiger charge is -2.31. The Bertz CT molecular complexity index is 833. The first-order valence-corrected chi connectivity index (χ1v) is 8.74. The monoisotopic (exact) mass is 371 g/mol. The van der Waals surface area contributed by atoms with Crippen molar-refractivity contribution in [1.29, 1.82) is 0 Å². The van der Waals surface area contributed by atoms with Crippen molar-refractivity contribution in [2.45, 2.75) is 12.8 Å². The molecule has 1 atom stereocenters. The molecule has 1 aliphatic rings. The van der Waals surface area contributed by atoms with E-state index in [0.717, 1.165) is 5.56 Å². The van der Waals surface area contributed by atoms with Crippen molar-refractivity contribution < 1.29 is 24.0 Å². The molecule has 142 valence electrons. The molecule has 2 heterocycles. The molecule has 1 aliphatic heterocycles. The van der Waals surface area contributed by atoms with Gasteiger partial charge in [-0.25, -0.2) is 0 Å². The van der Waals surface area contributed by atoms with Crippen LogP contribution in [0.4, 0.5) is 0 Å². The number of carbonyl (C=O) groups is 3. The predicted octanol–water partition coefficient (Wildman–Crippen LogP) is 1.74. The van der Waals surface area contributed by atoms with Gasteiger partial charge in [0.2, 0.25) is 5.91 Å². The number of hydrogen-bond acceptors (Lipinski definition) is 5. The van der Waals surface area contributed by atoms with Gasteiger partial charge >= 0.3 is 5.97 Å². The second-order valence-electron chi connectivity index (χ2n) is 6.62. The Hall–Kier alpha value is -3.16. The Morgan fingerprint density at radius 3 is 2.74 bits per heavy atom. The summed E-state index contributed by atoms with van der Waals surface area (Å²) < 4.78 is 5.23. The number of aromatic nitrogens is 1. The Labute approximate surface area is 156 Å². The van der Waals surface area contributed by atoms with Crippen LogP contribution in [0, 0.1) is 5.92 Å². The fourth-order valence-corrected chi connectivity index (χ4v) is 3.09. The zero-order chi connectivity index (χ0) is 19.4. The number of carboxylic acid groups (broad SMARTS) is 1. The van der Waals surface area contributed by atoms with Crippen molar-refractivity contribution in [3.8, 4) is 11.3 Å². The van der Waals surface area contributed by atoms with Gasteiger partial charge in [-0.05, 0) is 12.8 Å². The van der Waals surface area contributed by atoms with Crippen LogP contribution < -0.4 is 0 Å². The van der Waals surface area contributed by atoms with Crippen LogP contribution in [0.25, 0.3) is 11.3 Å². The van der Waals surface area contributed by atoms with E-state index in [1.165, 1.54) is 16.8 Å². The standard InChI is InChI=1S/C19H21N3O5/c1-21(12-17(23)22-9-5-8-14(11-22)19(25)26)18(24)15-10-16(27-20-15)13-6-3-2-4-7-13/h2-4,6-7,10,14H,5,8-9,11-12H2,1H3,(H,25,26). The second kappa shape index (κ2) is 8.03. The van der Waals surface area contributed by atoms with Crippen LogP contribution in [0.1, 0.15) is 23.3 Å². The minimum absolute atomic E-state index is 0.117. The van der Waals surface area contributed by atoms with Crippen molar-refractivity contribution in [3.05, 3.63) is 42.1 Å². The third kappa shape index (κ3) is 4.33. The minimum atomic E-state index is -0.895. The van der Waals surface area contributed by atoms with Crippen LogP contribution in [0.3, 0.4) is 0 Å². The molecule has 0 radical (unpaired) electrons. The number of piperidine rings is 1. The van der Waals surface area contributed by atoms with Gasteiger partial charge in [-0.1, -0.05) is 35.5 Å². The van der Waals surface area contributed by atoms with Gasteiger partial charge in [-0.3, -0.25) is 14.4 Å². The minimum Gasteiger partial charge on any atom is -0.481 e. The number of likely N-dealkylation sites (tertiary alicyclic amines) is 1. The van der Waals surface area contributed by atoms with E-state index in [4.69, 9.17) is 9.63 Å². The summed E-state index contributed by atoms with van der Waals surface area (Å²) in [4.78, 5) is 38.9. The molecule has 2 amide bonds. The molecule has 1 unspecified atom stereocenters. The number of rotatable bonds is 5. The van der Waals surface area contributed by atoms with Gasteiger partial charge in [0.05, 0.1) is 12.5 Å².